The van der Waals surface area contributed by atoms with Gasteiger partial charge in [0, 0.05) is 30.1 Å². The van der Waals surface area contributed by atoms with Crippen molar-refractivity contribution < 1.29 is 14.3 Å². The SMILES string of the molecule is CN(/C=N\C(=O)OC(C)(C)C)CC1=Cc2cccc3cccc(c23)C1=O. The van der Waals surface area contributed by atoms with Crippen LogP contribution in [0, 0.1) is 0 Å². The monoisotopic (exact) mass is 350 g/mol. The molecule has 0 saturated heterocycles. The van der Waals surface area contributed by atoms with Crippen LogP contribution in [0.15, 0.2) is 47.0 Å². The highest BCUT2D eigenvalue weighted by molar-refractivity contribution is 6.23. The summed E-state index contributed by atoms with van der Waals surface area (Å²) in [6.45, 7) is 5.71. The molecule has 1 amide bonds. The summed E-state index contributed by atoms with van der Waals surface area (Å²) in [4.78, 5) is 30.0. The summed E-state index contributed by atoms with van der Waals surface area (Å²) < 4.78 is 5.14. The minimum absolute atomic E-state index is 0.00631. The van der Waals surface area contributed by atoms with Crippen molar-refractivity contribution in [2.75, 3.05) is 13.6 Å². The first kappa shape index (κ1) is 17.9. The first-order valence-corrected chi connectivity index (χ1v) is 8.49. The van der Waals surface area contributed by atoms with Gasteiger partial charge >= 0.3 is 6.09 Å². The normalized spacial score (nSPS) is 13.8. The van der Waals surface area contributed by atoms with Crippen LogP contribution in [0.2, 0.25) is 0 Å². The number of hydrogen-bond acceptors (Lipinski definition) is 3. The van der Waals surface area contributed by atoms with Gasteiger partial charge in [-0.2, -0.15) is 4.99 Å². The number of hydrogen-bond donors (Lipinski definition) is 0. The fraction of sp³-hybridized carbons (Fsp3) is 0.286. The van der Waals surface area contributed by atoms with Crippen molar-refractivity contribution in [2.24, 2.45) is 4.99 Å². The molecule has 0 aliphatic heterocycles. The van der Waals surface area contributed by atoms with Crippen LogP contribution in [-0.4, -0.2) is 42.3 Å². The predicted octanol–water partition coefficient (Wildman–Crippen LogP) is 4.31. The molecule has 2 aromatic rings. The maximum absolute atomic E-state index is 12.8. The van der Waals surface area contributed by atoms with Crippen molar-refractivity contribution in [3.63, 3.8) is 0 Å². The van der Waals surface area contributed by atoms with Gasteiger partial charge in [0.05, 0.1) is 6.34 Å². The zero-order chi connectivity index (χ0) is 18.9. The lowest BCUT2D eigenvalue weighted by molar-refractivity contribution is 0.0603. The van der Waals surface area contributed by atoms with Crippen LogP contribution in [0.3, 0.4) is 0 Å². The van der Waals surface area contributed by atoms with E-state index < -0.39 is 11.7 Å². The van der Waals surface area contributed by atoms with Crippen molar-refractivity contribution >= 4 is 35.1 Å². The number of aliphatic imine (C=N–C) groups is 1. The molecule has 0 aromatic heterocycles. The van der Waals surface area contributed by atoms with Crippen LogP contribution in [0.5, 0.6) is 0 Å². The first-order chi connectivity index (χ1) is 12.2. The highest BCUT2D eigenvalue weighted by Gasteiger charge is 2.22. The average Bonchev–Trinajstić information content (AvgIpc) is 2.56. The lowest BCUT2D eigenvalue weighted by atomic mass is 9.88. The second-order valence-electron chi connectivity index (χ2n) is 7.39. The van der Waals surface area contributed by atoms with Crippen LogP contribution in [0.1, 0.15) is 36.7 Å². The molecule has 0 radical (unpaired) electrons. The molecule has 3 rings (SSSR count). The summed E-state index contributed by atoms with van der Waals surface area (Å²) >= 11 is 0. The molecule has 0 saturated carbocycles. The van der Waals surface area contributed by atoms with Gasteiger partial charge in [-0.15, -0.1) is 0 Å². The van der Waals surface area contributed by atoms with Gasteiger partial charge in [-0.25, -0.2) is 4.79 Å². The van der Waals surface area contributed by atoms with Crippen LogP contribution < -0.4 is 0 Å². The molecule has 1 aliphatic carbocycles. The van der Waals surface area contributed by atoms with Gasteiger partial charge in [0.25, 0.3) is 0 Å². The molecule has 26 heavy (non-hydrogen) atoms. The number of likely N-dealkylation sites (N-methyl/N-ethyl adjacent to an activating group) is 1. The van der Waals surface area contributed by atoms with E-state index in [9.17, 15) is 9.59 Å². The van der Waals surface area contributed by atoms with Crippen molar-refractivity contribution in [1.82, 2.24) is 4.90 Å². The average molecular weight is 350 g/mol. The third kappa shape index (κ3) is 3.82. The number of nitrogens with zero attached hydrogens (tertiary/aromatic N) is 2. The van der Waals surface area contributed by atoms with Gasteiger partial charge in [-0.3, -0.25) is 4.79 Å². The third-order valence-electron chi connectivity index (χ3n) is 3.98. The number of amides is 1. The highest BCUT2D eigenvalue weighted by Crippen LogP contribution is 2.31. The maximum atomic E-state index is 12.8. The quantitative estimate of drug-likeness (QED) is 0.611. The van der Waals surface area contributed by atoms with Gasteiger partial charge in [-0.05, 0) is 37.8 Å². The van der Waals surface area contributed by atoms with Crippen LogP contribution >= 0.6 is 0 Å². The first-order valence-electron chi connectivity index (χ1n) is 8.49. The van der Waals surface area contributed by atoms with E-state index in [-0.39, 0.29) is 5.78 Å². The molecule has 0 heterocycles. The Morgan fingerprint density at radius 2 is 1.88 bits per heavy atom. The van der Waals surface area contributed by atoms with Crippen LogP contribution in [0.4, 0.5) is 4.79 Å². The van der Waals surface area contributed by atoms with E-state index in [1.165, 1.54) is 6.34 Å². The molecule has 0 atom stereocenters. The standard InChI is InChI=1S/C21H22N2O3/c1-21(2,3)26-20(25)22-13-23(4)12-16-11-15-9-5-7-14-8-6-10-17(18(14)15)19(16)24/h5-11,13H,12H2,1-4H3/b22-13-. The van der Waals surface area contributed by atoms with Crippen molar-refractivity contribution in [2.45, 2.75) is 26.4 Å². The minimum atomic E-state index is -0.650. The van der Waals surface area contributed by atoms with E-state index in [4.69, 9.17) is 4.74 Å². The molecule has 0 bridgehead atoms. The van der Waals surface area contributed by atoms with Crippen LogP contribution in [0.25, 0.3) is 16.8 Å². The third-order valence-corrected chi connectivity index (χ3v) is 3.98. The molecule has 5 heteroatoms. The zero-order valence-corrected chi connectivity index (χ0v) is 15.4. The number of benzene rings is 2. The Morgan fingerprint density at radius 3 is 2.58 bits per heavy atom. The fourth-order valence-electron chi connectivity index (χ4n) is 2.97. The Balaban J connectivity index is 1.78. The number of ketones is 1. The van der Waals surface area contributed by atoms with Crippen molar-refractivity contribution in [3.8, 4) is 0 Å². The van der Waals surface area contributed by atoms with E-state index in [1.807, 2.05) is 42.5 Å². The van der Waals surface area contributed by atoms with Gasteiger partial charge in [0.15, 0.2) is 5.78 Å². The Bertz CT molecular complexity index is 931. The zero-order valence-electron chi connectivity index (χ0n) is 15.4. The van der Waals surface area contributed by atoms with Crippen molar-refractivity contribution in [3.05, 3.63) is 53.1 Å². The lowest BCUT2D eigenvalue weighted by Crippen LogP contribution is -2.26. The molecular formula is C21H22N2O3. The summed E-state index contributed by atoms with van der Waals surface area (Å²) in [5, 5.41) is 2.05. The molecule has 0 fully saturated rings. The number of carbonyl (C=O) groups excluding carboxylic acids is 2. The van der Waals surface area contributed by atoms with Gasteiger partial charge < -0.3 is 9.64 Å². The van der Waals surface area contributed by atoms with E-state index in [1.54, 1.807) is 32.7 Å². The second kappa shape index (κ2) is 6.75. The van der Waals surface area contributed by atoms with Gasteiger partial charge in [0.1, 0.15) is 5.60 Å². The lowest BCUT2D eigenvalue weighted by Gasteiger charge is -2.21. The molecule has 1 aliphatic rings. The summed E-state index contributed by atoms with van der Waals surface area (Å²) in [6, 6.07) is 11.8. The fourth-order valence-corrected chi connectivity index (χ4v) is 2.97. The van der Waals surface area contributed by atoms with Gasteiger partial charge in [-0.1, -0.05) is 36.4 Å². The van der Waals surface area contributed by atoms with E-state index in [2.05, 4.69) is 4.99 Å². The minimum Gasteiger partial charge on any atom is -0.442 e. The smallest absolute Gasteiger partial charge is 0.435 e. The highest BCUT2D eigenvalue weighted by atomic mass is 16.6. The summed E-state index contributed by atoms with van der Waals surface area (Å²) in [6.07, 6.45) is 2.65. The molecule has 5 nitrogen and oxygen atoms in total. The van der Waals surface area contributed by atoms with Gasteiger partial charge in [0.2, 0.25) is 0 Å². The molecule has 0 spiro atoms. The van der Waals surface area contributed by atoms with Crippen LogP contribution in [-0.2, 0) is 4.74 Å². The molecule has 0 N–H and O–H groups in total. The summed E-state index contributed by atoms with van der Waals surface area (Å²) in [5.41, 5.74) is 1.82. The summed E-state index contributed by atoms with van der Waals surface area (Å²) in [5.74, 6) is 0.00631. The molecule has 2 aromatic carbocycles. The molecule has 134 valence electrons. The Hall–Kier alpha value is -2.95. The Kier molecular flexibility index (Phi) is 4.64. The molecule has 0 unspecified atom stereocenters. The van der Waals surface area contributed by atoms with E-state index in [0.717, 1.165) is 16.3 Å². The summed E-state index contributed by atoms with van der Waals surface area (Å²) in [7, 11) is 1.77. The number of ether oxygens (including phenoxy) is 1. The number of Topliss-reactive ketones (excluding diaryl/α,β-unsaturated/α-hetero) is 1. The second-order valence-corrected chi connectivity index (χ2v) is 7.39. The van der Waals surface area contributed by atoms with Crippen molar-refractivity contribution in [1.29, 1.82) is 0 Å². The Labute approximate surface area is 153 Å². The predicted molar refractivity (Wildman–Crippen MR) is 104 cm³/mol. The topological polar surface area (TPSA) is 59.0 Å². The number of carbonyl (C=O) groups is 2. The Morgan fingerprint density at radius 1 is 1.19 bits per heavy atom. The van der Waals surface area contributed by atoms with E-state index in [0.29, 0.717) is 17.7 Å². The van der Waals surface area contributed by atoms with E-state index >= 15 is 0 Å². The maximum Gasteiger partial charge on any atom is 0.435 e. The largest absolute Gasteiger partial charge is 0.442 e. The number of rotatable bonds is 3. The molecular weight excluding hydrogens is 328 g/mol.